The first-order chi connectivity index (χ1) is 13.7. The first-order valence-electron chi connectivity index (χ1n) is 11.2. The van der Waals surface area contributed by atoms with Crippen LogP contribution in [0.4, 0.5) is 11.4 Å². The van der Waals surface area contributed by atoms with Gasteiger partial charge in [-0.25, -0.2) is 0 Å². The number of rotatable bonds is 13. The van der Waals surface area contributed by atoms with Crippen LogP contribution in [0.3, 0.4) is 0 Å². The van der Waals surface area contributed by atoms with Crippen LogP contribution in [0.2, 0.25) is 0 Å². The molecule has 0 aliphatic rings. The van der Waals surface area contributed by atoms with Gasteiger partial charge >= 0.3 is 0 Å². The van der Waals surface area contributed by atoms with Gasteiger partial charge in [-0.15, -0.1) is 0 Å². The summed E-state index contributed by atoms with van der Waals surface area (Å²) >= 11 is 0. The van der Waals surface area contributed by atoms with Gasteiger partial charge in [-0.3, -0.25) is 4.79 Å². The third-order valence-corrected chi connectivity index (χ3v) is 5.39. The fourth-order valence-corrected chi connectivity index (χ4v) is 3.96. The highest BCUT2D eigenvalue weighted by molar-refractivity contribution is 6.10. The number of fused-ring (bicyclic) bond motifs is 1. The Balaban J connectivity index is 2.67. The lowest BCUT2D eigenvalue weighted by Gasteiger charge is -2.31. The largest absolute Gasteiger partial charge is 0.371 e. The third-order valence-electron chi connectivity index (χ3n) is 5.39. The van der Waals surface area contributed by atoms with Gasteiger partial charge in [0.2, 0.25) is 0 Å². The molecule has 0 saturated carbocycles. The Labute approximate surface area is 171 Å². The van der Waals surface area contributed by atoms with Gasteiger partial charge in [0, 0.05) is 48.5 Å². The van der Waals surface area contributed by atoms with Crippen molar-refractivity contribution in [2.75, 3.05) is 36.0 Å². The molecule has 0 aliphatic heterocycles. The number of benzene rings is 2. The minimum atomic E-state index is 0.791. The van der Waals surface area contributed by atoms with E-state index in [0.717, 1.165) is 56.3 Å². The Hall–Kier alpha value is -2.03. The molecule has 2 rings (SSSR count). The lowest BCUT2D eigenvalue weighted by atomic mass is 9.99. The molecule has 3 heteroatoms. The van der Waals surface area contributed by atoms with Crippen molar-refractivity contribution >= 4 is 28.4 Å². The van der Waals surface area contributed by atoms with Crippen LogP contribution >= 0.6 is 0 Å². The fourth-order valence-electron chi connectivity index (χ4n) is 3.96. The van der Waals surface area contributed by atoms with Crippen LogP contribution in [0, 0.1) is 0 Å². The molecular formula is C25H38N2O. The summed E-state index contributed by atoms with van der Waals surface area (Å²) in [6, 6.07) is 10.6. The molecule has 0 spiro atoms. The number of carbonyl (C=O) groups is 1. The SMILES string of the molecule is CCCCN(CCCC)c1cccc2c(C=O)ccc(N(CCC)CCC)c12. The highest BCUT2D eigenvalue weighted by atomic mass is 16.1. The summed E-state index contributed by atoms with van der Waals surface area (Å²) < 4.78 is 0. The fraction of sp³-hybridized carbons (Fsp3) is 0.560. The van der Waals surface area contributed by atoms with Gasteiger partial charge in [-0.2, -0.15) is 0 Å². The lowest BCUT2D eigenvalue weighted by molar-refractivity contribution is 0.112. The highest BCUT2D eigenvalue weighted by Crippen LogP contribution is 2.37. The van der Waals surface area contributed by atoms with Gasteiger partial charge in [-0.05, 0) is 49.3 Å². The molecule has 0 N–H and O–H groups in total. The van der Waals surface area contributed by atoms with E-state index in [1.54, 1.807) is 0 Å². The maximum atomic E-state index is 11.8. The lowest BCUT2D eigenvalue weighted by Crippen LogP contribution is -2.28. The minimum Gasteiger partial charge on any atom is -0.371 e. The van der Waals surface area contributed by atoms with Gasteiger partial charge in [0.15, 0.2) is 6.29 Å². The zero-order valence-corrected chi connectivity index (χ0v) is 18.3. The van der Waals surface area contributed by atoms with Crippen molar-refractivity contribution in [2.45, 2.75) is 66.2 Å². The van der Waals surface area contributed by atoms with E-state index >= 15 is 0 Å². The average Bonchev–Trinajstić information content (AvgIpc) is 2.72. The monoisotopic (exact) mass is 382 g/mol. The molecule has 0 unspecified atom stereocenters. The van der Waals surface area contributed by atoms with E-state index in [1.165, 1.54) is 42.4 Å². The number of carbonyl (C=O) groups excluding carboxylic acids is 1. The summed E-state index contributed by atoms with van der Waals surface area (Å²) in [6.45, 7) is 13.2. The molecule has 0 amide bonds. The van der Waals surface area contributed by atoms with Crippen LogP contribution in [-0.4, -0.2) is 32.5 Å². The van der Waals surface area contributed by atoms with Crippen molar-refractivity contribution in [3.05, 3.63) is 35.9 Å². The highest BCUT2D eigenvalue weighted by Gasteiger charge is 2.17. The molecule has 0 atom stereocenters. The molecular weight excluding hydrogens is 344 g/mol. The second-order valence-corrected chi connectivity index (χ2v) is 7.67. The Kier molecular flexibility index (Phi) is 9.33. The molecule has 0 aliphatic carbocycles. The molecule has 2 aromatic carbocycles. The Morgan fingerprint density at radius 2 is 1.29 bits per heavy atom. The Bertz CT molecular complexity index is 727. The van der Waals surface area contributed by atoms with E-state index in [9.17, 15) is 4.79 Å². The number of unbranched alkanes of at least 4 members (excludes halogenated alkanes) is 2. The van der Waals surface area contributed by atoms with Gasteiger partial charge < -0.3 is 9.80 Å². The van der Waals surface area contributed by atoms with Crippen LogP contribution < -0.4 is 9.80 Å². The standard InChI is InChI=1S/C25H38N2O/c1-5-9-18-27(19-10-6-2)23-13-11-12-22-21(20-28)14-15-24(25(22)23)26(16-7-3)17-8-4/h11-15,20H,5-10,16-19H2,1-4H3. The summed E-state index contributed by atoms with van der Waals surface area (Å²) in [5, 5.41) is 2.33. The zero-order valence-electron chi connectivity index (χ0n) is 18.3. The molecule has 0 fully saturated rings. The van der Waals surface area contributed by atoms with E-state index in [1.807, 2.05) is 6.07 Å². The average molecular weight is 383 g/mol. The van der Waals surface area contributed by atoms with Crippen LogP contribution in [0.15, 0.2) is 30.3 Å². The number of hydrogen-bond donors (Lipinski definition) is 0. The summed E-state index contributed by atoms with van der Waals surface area (Å²) in [4.78, 5) is 16.8. The second-order valence-electron chi connectivity index (χ2n) is 7.67. The maximum Gasteiger partial charge on any atom is 0.150 e. The number of aldehydes is 1. The Morgan fingerprint density at radius 3 is 1.82 bits per heavy atom. The van der Waals surface area contributed by atoms with Crippen molar-refractivity contribution in [3.8, 4) is 0 Å². The number of nitrogens with zero attached hydrogens (tertiary/aromatic N) is 2. The van der Waals surface area contributed by atoms with Crippen LogP contribution in [0.5, 0.6) is 0 Å². The molecule has 3 nitrogen and oxygen atoms in total. The summed E-state index contributed by atoms with van der Waals surface area (Å²) in [5.74, 6) is 0. The van der Waals surface area contributed by atoms with Crippen LogP contribution in [0.25, 0.3) is 10.8 Å². The third kappa shape index (κ3) is 5.27. The first-order valence-corrected chi connectivity index (χ1v) is 11.2. The van der Waals surface area contributed by atoms with Crippen molar-refractivity contribution in [1.29, 1.82) is 0 Å². The zero-order chi connectivity index (χ0) is 20.4. The summed E-state index contributed by atoms with van der Waals surface area (Å²) in [7, 11) is 0. The molecule has 2 aromatic rings. The van der Waals surface area contributed by atoms with Gasteiger partial charge in [0.1, 0.15) is 0 Å². The summed E-state index contributed by atoms with van der Waals surface area (Å²) in [6.07, 6.45) is 8.01. The molecule has 0 saturated heterocycles. The van der Waals surface area contributed by atoms with E-state index in [-0.39, 0.29) is 0 Å². The maximum absolute atomic E-state index is 11.8. The van der Waals surface area contributed by atoms with E-state index in [0.29, 0.717) is 0 Å². The quantitative estimate of drug-likeness (QED) is 0.361. The van der Waals surface area contributed by atoms with E-state index < -0.39 is 0 Å². The van der Waals surface area contributed by atoms with Gasteiger partial charge in [-0.1, -0.05) is 52.7 Å². The van der Waals surface area contributed by atoms with Crippen molar-refractivity contribution in [1.82, 2.24) is 0 Å². The molecule has 28 heavy (non-hydrogen) atoms. The van der Waals surface area contributed by atoms with E-state index in [2.05, 4.69) is 61.8 Å². The molecule has 0 radical (unpaired) electrons. The molecule has 0 bridgehead atoms. The molecule has 0 heterocycles. The smallest absolute Gasteiger partial charge is 0.150 e. The van der Waals surface area contributed by atoms with Crippen molar-refractivity contribution in [2.24, 2.45) is 0 Å². The summed E-state index contributed by atoms with van der Waals surface area (Å²) in [5.41, 5.74) is 3.35. The van der Waals surface area contributed by atoms with Gasteiger partial charge in [0.05, 0.1) is 0 Å². The molecule has 0 aromatic heterocycles. The molecule has 154 valence electrons. The van der Waals surface area contributed by atoms with E-state index in [4.69, 9.17) is 0 Å². The van der Waals surface area contributed by atoms with Crippen molar-refractivity contribution in [3.63, 3.8) is 0 Å². The van der Waals surface area contributed by atoms with Crippen LogP contribution in [-0.2, 0) is 0 Å². The Morgan fingerprint density at radius 1 is 0.714 bits per heavy atom. The first kappa shape index (κ1) is 22.3. The topological polar surface area (TPSA) is 23.6 Å². The second kappa shape index (κ2) is 11.7. The van der Waals surface area contributed by atoms with Crippen LogP contribution in [0.1, 0.15) is 76.6 Å². The predicted molar refractivity (Wildman–Crippen MR) is 124 cm³/mol. The number of anilines is 2. The van der Waals surface area contributed by atoms with Crippen molar-refractivity contribution < 1.29 is 4.79 Å². The number of hydrogen-bond acceptors (Lipinski definition) is 3. The predicted octanol–water partition coefficient (Wildman–Crippen LogP) is 6.69. The van der Waals surface area contributed by atoms with Gasteiger partial charge in [0.25, 0.3) is 0 Å². The minimum absolute atomic E-state index is 0.791. The normalized spacial score (nSPS) is 11.0.